The quantitative estimate of drug-likeness (QED) is 0.0838. The molecular weight excluding hydrogens is 653 g/mol. The Morgan fingerprint density at radius 3 is 2.14 bits per heavy atom. The van der Waals surface area contributed by atoms with E-state index < -0.39 is 16.4 Å². The van der Waals surface area contributed by atoms with Gasteiger partial charge in [-0.2, -0.15) is 0 Å². The van der Waals surface area contributed by atoms with Gasteiger partial charge in [0.05, 0.1) is 30.3 Å². The number of nitrogens with zero attached hydrogens (tertiary/aromatic N) is 5. The van der Waals surface area contributed by atoms with E-state index >= 15 is 0 Å². The summed E-state index contributed by atoms with van der Waals surface area (Å²) in [6.45, 7) is 8.06. The summed E-state index contributed by atoms with van der Waals surface area (Å²) < 4.78 is 17.9. The number of thioether (sulfide) groups is 2. The highest BCUT2D eigenvalue weighted by Gasteiger charge is 2.54. The minimum absolute atomic E-state index is 0.0390. The molecule has 0 spiro atoms. The molecule has 4 rings (SSSR count). The Kier molecular flexibility index (Phi) is 13.4. The van der Waals surface area contributed by atoms with Gasteiger partial charge in [0, 0.05) is 11.5 Å². The first kappa shape index (κ1) is 35.1. The molecule has 3 heterocycles. The summed E-state index contributed by atoms with van der Waals surface area (Å²) in [7, 11) is 0. The van der Waals surface area contributed by atoms with Crippen LogP contribution in [0.25, 0.3) is 0 Å². The fourth-order valence-electron chi connectivity index (χ4n) is 4.20. The number of hydrogen-bond acceptors (Lipinski definition) is 14. The molecule has 1 saturated heterocycles. The maximum Gasteiger partial charge on any atom is 0.343 e. The predicted octanol–water partition coefficient (Wildman–Crippen LogP) is 5.49. The first-order valence-corrected chi connectivity index (χ1v) is 16.3. The Balaban J connectivity index is 0.000000274. The lowest BCUT2D eigenvalue weighted by Gasteiger charge is -2.24. The molecule has 2 aromatic rings. The van der Waals surface area contributed by atoms with Gasteiger partial charge in [0.25, 0.3) is 0 Å². The first-order valence-electron chi connectivity index (χ1n) is 13.2. The standard InChI is InChI=1S/C17H27ClN4O4S.C7H7Cl2N3O2S/c1-4-7-27-16-21-14(18)11(19)15(22-16)20-9-8-10(24-6-5-23)13-12(9)25-17(2,3)26-13;1-2-3-15-7-10-5(8)4(12(13)14)6(9)11-7/h9-10,12-13,23H,4-8,19H2,1-3H3,(H,20,21,22);2-3H2,1H3/t9-,10+,12+,13-;/m1./s1. The lowest BCUT2D eigenvalue weighted by Crippen LogP contribution is -2.35. The van der Waals surface area contributed by atoms with Crippen molar-refractivity contribution < 1.29 is 24.2 Å². The molecule has 4 atom stereocenters. The third kappa shape index (κ3) is 9.29. The number of ether oxygens (including phenoxy) is 3. The summed E-state index contributed by atoms with van der Waals surface area (Å²) in [6, 6.07) is -0.113. The molecule has 2 aromatic heterocycles. The smallest absolute Gasteiger partial charge is 0.343 e. The van der Waals surface area contributed by atoms with Crippen LogP contribution in [-0.4, -0.2) is 84.8 Å². The molecule has 0 unspecified atom stereocenters. The number of aromatic nitrogens is 4. The molecular formula is C24H34Cl3N7O6S2. The number of nitrogen functional groups attached to an aromatic ring is 1. The maximum atomic E-state index is 10.5. The van der Waals surface area contributed by atoms with Crippen LogP contribution >= 0.6 is 58.3 Å². The molecule has 13 nitrogen and oxygen atoms in total. The number of anilines is 2. The zero-order valence-electron chi connectivity index (χ0n) is 23.5. The number of rotatable bonds is 12. The molecule has 4 N–H and O–H groups in total. The molecule has 1 aliphatic heterocycles. The number of fused-ring (bicyclic) bond motifs is 1. The third-order valence-corrected chi connectivity index (χ3v) is 8.79. The number of halogens is 3. The SMILES string of the molecule is CCCSc1nc(Cl)c(N)c(N[C@@H]2C[C@H](OCCO)[C@H]3OC(C)(C)O[C@H]32)n1.CCCSc1nc(Cl)c([N+](=O)[O-])c(Cl)n1. The number of hydrogen-bond donors (Lipinski definition) is 3. The highest BCUT2D eigenvalue weighted by atomic mass is 35.5. The number of aliphatic hydroxyl groups is 1. The highest BCUT2D eigenvalue weighted by molar-refractivity contribution is 7.99. The Hall–Kier alpha value is -1.43. The molecule has 0 aromatic carbocycles. The molecule has 1 saturated carbocycles. The molecule has 2 aliphatic rings. The maximum absolute atomic E-state index is 10.5. The summed E-state index contributed by atoms with van der Waals surface area (Å²) in [5.74, 6) is 1.50. The van der Waals surface area contributed by atoms with Crippen molar-refractivity contribution >= 4 is 75.5 Å². The van der Waals surface area contributed by atoms with Gasteiger partial charge in [0.15, 0.2) is 27.1 Å². The van der Waals surface area contributed by atoms with E-state index in [9.17, 15) is 10.1 Å². The zero-order chi connectivity index (χ0) is 31.0. The van der Waals surface area contributed by atoms with Crippen LogP contribution in [0.2, 0.25) is 15.5 Å². The van der Waals surface area contributed by atoms with E-state index in [1.807, 2.05) is 20.8 Å². The minimum Gasteiger partial charge on any atom is -0.394 e. The van der Waals surface area contributed by atoms with Gasteiger partial charge < -0.3 is 30.4 Å². The van der Waals surface area contributed by atoms with Gasteiger partial charge in [-0.15, -0.1) is 0 Å². The van der Waals surface area contributed by atoms with Crippen LogP contribution in [-0.2, 0) is 14.2 Å². The normalized spacial score (nSPS) is 22.4. The van der Waals surface area contributed by atoms with Crippen LogP contribution in [0.1, 0.15) is 47.0 Å². The molecule has 1 aliphatic carbocycles. The van der Waals surface area contributed by atoms with Crippen molar-refractivity contribution in [3.8, 4) is 0 Å². The summed E-state index contributed by atoms with van der Waals surface area (Å²) in [5, 5.41) is 23.7. The van der Waals surface area contributed by atoms with Crippen LogP contribution in [0.3, 0.4) is 0 Å². The fourth-order valence-corrected chi connectivity index (χ4v) is 6.44. The molecule has 0 radical (unpaired) electrons. The van der Waals surface area contributed by atoms with Crippen molar-refractivity contribution in [3.05, 3.63) is 25.6 Å². The number of nitrogens with two attached hydrogens (primary N) is 1. The van der Waals surface area contributed by atoms with Crippen LogP contribution in [0.4, 0.5) is 17.2 Å². The fraction of sp³-hybridized carbons (Fsp3) is 0.667. The molecule has 0 bridgehead atoms. The van der Waals surface area contributed by atoms with E-state index in [0.717, 1.165) is 24.3 Å². The van der Waals surface area contributed by atoms with Gasteiger partial charge >= 0.3 is 5.69 Å². The molecule has 0 amide bonds. The van der Waals surface area contributed by atoms with E-state index in [1.54, 1.807) is 0 Å². The van der Waals surface area contributed by atoms with Gasteiger partial charge in [0.2, 0.25) is 10.3 Å². The van der Waals surface area contributed by atoms with Crippen LogP contribution in [0.15, 0.2) is 10.3 Å². The lowest BCUT2D eigenvalue weighted by atomic mass is 10.2. The third-order valence-electron chi connectivity index (χ3n) is 5.87. The second-order valence-corrected chi connectivity index (χ2v) is 12.8. The average molecular weight is 687 g/mol. The van der Waals surface area contributed by atoms with Crippen LogP contribution in [0, 0.1) is 10.1 Å². The second kappa shape index (κ2) is 16.0. The van der Waals surface area contributed by atoms with Crippen molar-refractivity contribution in [1.82, 2.24) is 19.9 Å². The second-order valence-electron chi connectivity index (χ2n) is 9.63. The summed E-state index contributed by atoms with van der Waals surface area (Å²) >= 11 is 20.3. The average Bonchev–Trinajstić information content (AvgIpc) is 3.40. The van der Waals surface area contributed by atoms with E-state index in [1.165, 1.54) is 23.5 Å². The Morgan fingerprint density at radius 2 is 1.60 bits per heavy atom. The van der Waals surface area contributed by atoms with Gasteiger partial charge in [-0.25, -0.2) is 19.9 Å². The predicted molar refractivity (Wildman–Crippen MR) is 165 cm³/mol. The van der Waals surface area contributed by atoms with E-state index in [0.29, 0.717) is 28.2 Å². The van der Waals surface area contributed by atoms with Gasteiger partial charge in [-0.05, 0) is 33.1 Å². The van der Waals surface area contributed by atoms with Crippen molar-refractivity contribution in [2.75, 3.05) is 35.8 Å². The lowest BCUT2D eigenvalue weighted by molar-refractivity contribution is -0.385. The Labute approximate surface area is 267 Å². The van der Waals surface area contributed by atoms with Crippen molar-refractivity contribution in [3.63, 3.8) is 0 Å². The van der Waals surface area contributed by atoms with E-state index in [-0.39, 0.29) is 53.0 Å². The topological polar surface area (TPSA) is 181 Å². The summed E-state index contributed by atoms with van der Waals surface area (Å²) in [5.41, 5.74) is 5.97. The Morgan fingerprint density at radius 1 is 1.05 bits per heavy atom. The van der Waals surface area contributed by atoms with E-state index in [2.05, 4.69) is 32.2 Å². The van der Waals surface area contributed by atoms with Gasteiger partial charge in [-0.3, -0.25) is 10.1 Å². The largest absolute Gasteiger partial charge is 0.394 e. The molecule has 42 heavy (non-hydrogen) atoms. The molecule has 234 valence electrons. The van der Waals surface area contributed by atoms with Crippen molar-refractivity contribution in [2.24, 2.45) is 0 Å². The van der Waals surface area contributed by atoms with Crippen molar-refractivity contribution in [2.45, 2.75) is 87.4 Å². The van der Waals surface area contributed by atoms with Crippen molar-refractivity contribution in [1.29, 1.82) is 0 Å². The monoisotopic (exact) mass is 685 g/mol. The molecule has 2 fully saturated rings. The highest BCUT2D eigenvalue weighted by Crippen LogP contribution is 2.41. The summed E-state index contributed by atoms with van der Waals surface area (Å²) in [6.07, 6.45) is 1.97. The van der Waals surface area contributed by atoms with Gasteiger partial charge in [0.1, 0.15) is 17.9 Å². The molecule has 18 heteroatoms. The number of nitro groups is 1. The zero-order valence-corrected chi connectivity index (χ0v) is 27.4. The van der Waals surface area contributed by atoms with Crippen LogP contribution < -0.4 is 11.1 Å². The summed E-state index contributed by atoms with van der Waals surface area (Å²) in [4.78, 5) is 26.2. The number of nitrogens with one attached hydrogen (secondary N) is 1. The first-order chi connectivity index (χ1) is 19.9. The van der Waals surface area contributed by atoms with Crippen LogP contribution in [0.5, 0.6) is 0 Å². The Bertz CT molecular complexity index is 1210. The van der Waals surface area contributed by atoms with Gasteiger partial charge in [-0.1, -0.05) is 72.2 Å². The number of aliphatic hydroxyl groups excluding tert-OH is 1. The van der Waals surface area contributed by atoms with E-state index in [4.69, 9.17) is 59.9 Å². The minimum atomic E-state index is -0.701.